The molecule has 2 heterocycles. The van der Waals surface area contributed by atoms with E-state index in [9.17, 15) is 5.11 Å². The average molecular weight is 316 g/mol. The minimum atomic E-state index is -0.820. The second-order valence-corrected chi connectivity index (χ2v) is 5.38. The summed E-state index contributed by atoms with van der Waals surface area (Å²) in [6.45, 7) is 4.16. The van der Waals surface area contributed by atoms with Crippen molar-refractivity contribution in [3.63, 3.8) is 0 Å². The first-order chi connectivity index (χ1) is 9.02. The summed E-state index contributed by atoms with van der Waals surface area (Å²) in [6.07, 6.45) is -0.820. The summed E-state index contributed by atoms with van der Waals surface area (Å²) in [4.78, 5) is 5.01. The van der Waals surface area contributed by atoms with Gasteiger partial charge in [-0.1, -0.05) is 11.3 Å². The molecule has 2 rings (SSSR count). The molecule has 4 N–H and O–H groups in total. The molecular formula is C13H18ClN3O2S. The Morgan fingerprint density at radius 3 is 2.70 bits per heavy atom. The van der Waals surface area contributed by atoms with E-state index in [0.717, 1.165) is 21.8 Å². The number of aliphatic hydroxyl groups excluding tert-OH is 2. The summed E-state index contributed by atoms with van der Waals surface area (Å²) in [5, 5.41) is 18.7. The zero-order valence-corrected chi connectivity index (χ0v) is 12.9. The van der Waals surface area contributed by atoms with E-state index < -0.39 is 6.10 Å². The van der Waals surface area contributed by atoms with Crippen LogP contribution in [0.3, 0.4) is 0 Å². The highest BCUT2D eigenvalue weighted by Gasteiger charge is 2.21. The van der Waals surface area contributed by atoms with Crippen molar-refractivity contribution in [3.8, 4) is 0 Å². The van der Waals surface area contributed by atoms with Crippen LogP contribution in [0.5, 0.6) is 0 Å². The third-order valence-corrected chi connectivity index (χ3v) is 4.24. The summed E-state index contributed by atoms with van der Waals surface area (Å²) < 4.78 is 2.00. The normalized spacial score (nSPS) is 12.0. The zero-order valence-electron chi connectivity index (χ0n) is 11.4. The molecule has 0 aliphatic rings. The summed E-state index contributed by atoms with van der Waals surface area (Å²) in [6, 6.07) is 3.89. The fourth-order valence-corrected chi connectivity index (χ4v) is 2.90. The van der Waals surface area contributed by atoms with Crippen molar-refractivity contribution in [3.05, 3.63) is 39.5 Å². The standard InChI is InChI=1S/C13H18N3O2S.ClH/c1-8-3-4-10(13(14)15-8)5-16-7-19-12(9(16)2)11(18)6-17;/h3-4,7,11,17-18H,5-6H2,1-2H3,(H2,14,15);1H/q+1;/p-1/t11-;/m1./s1. The van der Waals surface area contributed by atoms with Gasteiger partial charge in [0.05, 0.1) is 12.2 Å². The van der Waals surface area contributed by atoms with Crippen molar-refractivity contribution in [2.75, 3.05) is 12.3 Å². The van der Waals surface area contributed by atoms with E-state index in [-0.39, 0.29) is 19.0 Å². The van der Waals surface area contributed by atoms with E-state index in [1.807, 2.05) is 36.1 Å². The molecule has 20 heavy (non-hydrogen) atoms. The molecule has 0 amide bonds. The van der Waals surface area contributed by atoms with E-state index in [1.165, 1.54) is 11.3 Å². The maximum absolute atomic E-state index is 9.69. The van der Waals surface area contributed by atoms with Crippen molar-refractivity contribution < 1.29 is 27.2 Å². The lowest BCUT2D eigenvalue weighted by molar-refractivity contribution is -0.689. The van der Waals surface area contributed by atoms with Gasteiger partial charge in [0.2, 0.25) is 5.51 Å². The number of aromatic nitrogens is 2. The Bertz CT molecular complexity index is 589. The molecular weight excluding hydrogens is 298 g/mol. The Balaban J connectivity index is 0.00000200. The highest BCUT2D eigenvalue weighted by molar-refractivity contribution is 7.09. The largest absolute Gasteiger partial charge is 1.00 e. The Kier molecular flexibility index (Phi) is 5.88. The van der Waals surface area contributed by atoms with Gasteiger partial charge in [-0.2, -0.15) is 4.57 Å². The molecule has 1 atom stereocenters. The van der Waals surface area contributed by atoms with Crippen LogP contribution in [0.25, 0.3) is 0 Å². The lowest BCUT2D eigenvalue weighted by atomic mass is 10.2. The lowest BCUT2D eigenvalue weighted by Gasteiger charge is -2.04. The van der Waals surface area contributed by atoms with Crippen LogP contribution >= 0.6 is 11.3 Å². The molecule has 0 aliphatic heterocycles. The van der Waals surface area contributed by atoms with E-state index in [2.05, 4.69) is 4.98 Å². The lowest BCUT2D eigenvalue weighted by Crippen LogP contribution is -3.00. The smallest absolute Gasteiger partial charge is 0.225 e. The van der Waals surface area contributed by atoms with E-state index in [0.29, 0.717) is 12.4 Å². The van der Waals surface area contributed by atoms with Crippen LogP contribution in [-0.4, -0.2) is 21.8 Å². The van der Waals surface area contributed by atoms with Crippen LogP contribution < -0.4 is 22.7 Å². The molecule has 0 spiro atoms. The van der Waals surface area contributed by atoms with Gasteiger partial charge in [0.1, 0.15) is 16.8 Å². The van der Waals surface area contributed by atoms with E-state index >= 15 is 0 Å². The van der Waals surface area contributed by atoms with Gasteiger partial charge in [-0.25, -0.2) is 4.98 Å². The number of nitrogens with zero attached hydrogens (tertiary/aromatic N) is 2. The van der Waals surface area contributed by atoms with E-state index in [1.54, 1.807) is 0 Å². The molecule has 0 aliphatic carbocycles. The molecule has 0 radical (unpaired) electrons. The van der Waals surface area contributed by atoms with Gasteiger partial charge in [0, 0.05) is 12.6 Å². The average Bonchev–Trinajstić information content (AvgIpc) is 2.73. The third kappa shape index (κ3) is 3.46. The molecule has 0 unspecified atom stereocenters. The number of anilines is 1. The number of aliphatic hydroxyl groups is 2. The molecule has 2 aromatic rings. The number of thiazole rings is 1. The predicted molar refractivity (Wildman–Crippen MR) is 73.8 cm³/mol. The molecule has 0 aromatic carbocycles. The highest BCUT2D eigenvalue weighted by atomic mass is 35.5. The van der Waals surface area contributed by atoms with Gasteiger partial charge in [0.15, 0.2) is 12.2 Å². The maximum Gasteiger partial charge on any atom is 0.225 e. The first-order valence-corrected chi connectivity index (χ1v) is 6.89. The van der Waals surface area contributed by atoms with Gasteiger partial charge in [-0.3, -0.25) is 0 Å². The van der Waals surface area contributed by atoms with Crippen LogP contribution in [-0.2, 0) is 6.54 Å². The minimum absolute atomic E-state index is 0. The minimum Gasteiger partial charge on any atom is -1.00 e. The van der Waals surface area contributed by atoms with Crippen molar-refractivity contribution in [2.24, 2.45) is 0 Å². The van der Waals surface area contributed by atoms with Crippen LogP contribution in [0.2, 0.25) is 0 Å². The fraction of sp³-hybridized carbons (Fsp3) is 0.385. The van der Waals surface area contributed by atoms with Crippen LogP contribution in [0.4, 0.5) is 5.82 Å². The summed E-state index contributed by atoms with van der Waals surface area (Å²) in [5.74, 6) is 0.530. The topological polar surface area (TPSA) is 83.2 Å². The third-order valence-electron chi connectivity index (χ3n) is 3.06. The van der Waals surface area contributed by atoms with Crippen molar-refractivity contribution in [2.45, 2.75) is 26.5 Å². The number of halogens is 1. The summed E-state index contributed by atoms with van der Waals surface area (Å²) in [5.41, 5.74) is 10.6. The van der Waals surface area contributed by atoms with Crippen LogP contribution in [0.1, 0.15) is 27.9 Å². The van der Waals surface area contributed by atoms with Gasteiger partial charge in [0.25, 0.3) is 0 Å². The monoisotopic (exact) mass is 315 g/mol. The quantitative estimate of drug-likeness (QED) is 0.555. The number of hydrogen-bond donors (Lipinski definition) is 3. The number of hydrogen-bond acceptors (Lipinski definition) is 5. The molecule has 7 heteroatoms. The van der Waals surface area contributed by atoms with Gasteiger partial charge in [-0.05, 0) is 19.1 Å². The number of rotatable bonds is 4. The van der Waals surface area contributed by atoms with Crippen LogP contribution in [0.15, 0.2) is 17.6 Å². The fourth-order valence-electron chi connectivity index (χ4n) is 1.91. The second-order valence-electron chi connectivity index (χ2n) is 4.50. The van der Waals surface area contributed by atoms with Crippen molar-refractivity contribution >= 4 is 17.2 Å². The Hall–Kier alpha value is -1.21. The molecule has 0 saturated heterocycles. The number of pyridine rings is 1. The van der Waals surface area contributed by atoms with Gasteiger partial charge >= 0.3 is 0 Å². The van der Waals surface area contributed by atoms with Gasteiger partial charge < -0.3 is 28.4 Å². The molecule has 5 nitrogen and oxygen atoms in total. The molecule has 2 aromatic heterocycles. The zero-order chi connectivity index (χ0) is 14.0. The van der Waals surface area contributed by atoms with Crippen molar-refractivity contribution in [1.82, 2.24) is 4.98 Å². The second kappa shape index (κ2) is 6.99. The number of aryl methyl sites for hydroxylation is 1. The Morgan fingerprint density at radius 1 is 1.40 bits per heavy atom. The highest BCUT2D eigenvalue weighted by Crippen LogP contribution is 2.20. The van der Waals surface area contributed by atoms with Crippen molar-refractivity contribution in [1.29, 1.82) is 0 Å². The van der Waals surface area contributed by atoms with Gasteiger partial charge in [-0.15, -0.1) is 0 Å². The first-order valence-electron chi connectivity index (χ1n) is 6.01. The Morgan fingerprint density at radius 2 is 2.10 bits per heavy atom. The first kappa shape index (κ1) is 16.8. The number of nitrogens with two attached hydrogens (primary N) is 1. The van der Waals surface area contributed by atoms with E-state index in [4.69, 9.17) is 10.8 Å². The number of nitrogen functional groups attached to an aromatic ring is 1. The summed E-state index contributed by atoms with van der Waals surface area (Å²) >= 11 is 1.43. The molecule has 0 saturated carbocycles. The predicted octanol–water partition coefficient (Wildman–Crippen LogP) is -2.29. The maximum atomic E-state index is 9.69. The Labute approximate surface area is 128 Å². The molecule has 0 fully saturated rings. The molecule has 0 bridgehead atoms. The van der Waals surface area contributed by atoms with Crippen LogP contribution in [0, 0.1) is 13.8 Å². The summed E-state index contributed by atoms with van der Waals surface area (Å²) in [7, 11) is 0. The molecule has 110 valence electrons. The SMILES string of the molecule is Cc1ccc(C[n+]2csc([C@H](O)CO)c2C)c(N)n1.[Cl-].